The van der Waals surface area contributed by atoms with E-state index in [1.54, 1.807) is 7.11 Å². The molecule has 1 atom stereocenters. The number of hydrogen-bond acceptors (Lipinski definition) is 3. The molecule has 0 radical (unpaired) electrons. The van der Waals surface area contributed by atoms with E-state index in [1.807, 2.05) is 0 Å². The average molecular weight is 152 g/mol. The summed E-state index contributed by atoms with van der Waals surface area (Å²) in [5, 5.41) is 0. The molecule has 2 N–H and O–H groups in total. The Morgan fingerprint density at radius 1 is 1.64 bits per heavy atom. The fraction of sp³-hybridized carbons (Fsp3) is 0.500. The van der Waals surface area contributed by atoms with Crippen molar-refractivity contribution in [2.75, 3.05) is 7.11 Å². The minimum Gasteiger partial charge on any atom is -0.361 e. The van der Waals surface area contributed by atoms with Crippen LogP contribution >= 0.6 is 0 Å². The Morgan fingerprint density at radius 3 is 3.36 bits per heavy atom. The van der Waals surface area contributed by atoms with E-state index in [0.717, 1.165) is 12.8 Å². The normalized spacial score (nSPS) is 28.6. The molecule has 0 saturated heterocycles. The van der Waals surface area contributed by atoms with E-state index >= 15 is 0 Å². The molecule has 1 aliphatic carbocycles. The third-order valence-corrected chi connectivity index (χ3v) is 2.10. The molecule has 11 heavy (non-hydrogen) atoms. The summed E-state index contributed by atoms with van der Waals surface area (Å²) in [7, 11) is 1.72. The molecule has 1 heterocycles. The van der Waals surface area contributed by atoms with Crippen LogP contribution in [-0.4, -0.2) is 13.3 Å². The van der Waals surface area contributed by atoms with Gasteiger partial charge in [-0.2, -0.15) is 0 Å². The Labute approximate surface area is 66.1 Å². The smallest absolute Gasteiger partial charge is 0.148 e. The molecular weight excluding hydrogens is 140 g/mol. The molecule has 1 unspecified atom stereocenters. The third-order valence-electron chi connectivity index (χ3n) is 2.10. The van der Waals surface area contributed by atoms with Gasteiger partial charge in [0.15, 0.2) is 0 Å². The van der Waals surface area contributed by atoms with E-state index in [0.29, 0.717) is 0 Å². The lowest BCUT2D eigenvalue weighted by atomic mass is 10.0. The number of hydrazine groups is 1. The van der Waals surface area contributed by atoms with Crippen molar-refractivity contribution in [3.63, 3.8) is 0 Å². The van der Waals surface area contributed by atoms with Crippen molar-refractivity contribution < 1.29 is 4.74 Å². The standard InChI is InChI=1S/C8H12N2O/c1-11-8-6-4-2-3-5-7(6)9-10-8/h3,5,8-10H,2,4H2,1H3. The fourth-order valence-corrected chi connectivity index (χ4v) is 1.51. The molecule has 3 heteroatoms. The van der Waals surface area contributed by atoms with Gasteiger partial charge in [0.2, 0.25) is 0 Å². The van der Waals surface area contributed by atoms with Crippen LogP contribution in [0.4, 0.5) is 0 Å². The van der Waals surface area contributed by atoms with Gasteiger partial charge in [-0.1, -0.05) is 6.08 Å². The highest BCUT2D eigenvalue weighted by Crippen LogP contribution is 2.23. The molecule has 0 bridgehead atoms. The maximum atomic E-state index is 5.22. The molecule has 3 nitrogen and oxygen atoms in total. The van der Waals surface area contributed by atoms with Crippen LogP contribution in [0, 0.1) is 0 Å². The van der Waals surface area contributed by atoms with Crippen LogP contribution in [0.5, 0.6) is 0 Å². The molecule has 0 saturated carbocycles. The molecule has 2 rings (SSSR count). The average Bonchev–Trinajstić information content (AvgIpc) is 2.47. The summed E-state index contributed by atoms with van der Waals surface area (Å²) in [4.78, 5) is 0. The van der Waals surface area contributed by atoms with Crippen LogP contribution in [-0.2, 0) is 4.74 Å². The molecule has 60 valence electrons. The Hall–Kier alpha value is -0.800. The van der Waals surface area contributed by atoms with Crippen molar-refractivity contribution in [2.45, 2.75) is 19.1 Å². The number of allylic oxidation sites excluding steroid dienone is 2. The van der Waals surface area contributed by atoms with E-state index in [1.165, 1.54) is 11.3 Å². The predicted octanol–water partition coefficient (Wildman–Crippen LogP) is 0.671. The third kappa shape index (κ3) is 1.06. The number of hydrogen-bond donors (Lipinski definition) is 2. The second-order valence-corrected chi connectivity index (χ2v) is 2.77. The van der Waals surface area contributed by atoms with Gasteiger partial charge in [0.25, 0.3) is 0 Å². The molecule has 2 aliphatic rings. The zero-order valence-electron chi connectivity index (χ0n) is 6.55. The van der Waals surface area contributed by atoms with Gasteiger partial charge in [-0.3, -0.25) is 0 Å². The van der Waals surface area contributed by atoms with Gasteiger partial charge < -0.3 is 10.2 Å². The second-order valence-electron chi connectivity index (χ2n) is 2.77. The van der Waals surface area contributed by atoms with Gasteiger partial charge >= 0.3 is 0 Å². The molecule has 0 aromatic carbocycles. The highest BCUT2D eigenvalue weighted by atomic mass is 16.5. The zero-order valence-corrected chi connectivity index (χ0v) is 6.55. The Bertz CT molecular complexity index is 220. The molecule has 0 aromatic heterocycles. The van der Waals surface area contributed by atoms with Crippen LogP contribution in [0.2, 0.25) is 0 Å². The van der Waals surface area contributed by atoms with Crippen LogP contribution in [0.25, 0.3) is 0 Å². The first-order valence-corrected chi connectivity index (χ1v) is 3.86. The van der Waals surface area contributed by atoms with Crippen LogP contribution < -0.4 is 10.9 Å². The van der Waals surface area contributed by atoms with Gasteiger partial charge in [-0.05, 0) is 24.5 Å². The maximum absolute atomic E-state index is 5.22. The van der Waals surface area contributed by atoms with Crippen LogP contribution in [0.3, 0.4) is 0 Å². The highest BCUT2D eigenvalue weighted by molar-refractivity contribution is 5.32. The first-order valence-electron chi connectivity index (χ1n) is 3.86. The summed E-state index contributed by atoms with van der Waals surface area (Å²) >= 11 is 0. The molecular formula is C8H12N2O. The summed E-state index contributed by atoms with van der Waals surface area (Å²) in [6, 6.07) is 0. The van der Waals surface area contributed by atoms with Gasteiger partial charge in [0.1, 0.15) is 6.23 Å². The molecule has 1 aliphatic heterocycles. The Morgan fingerprint density at radius 2 is 2.55 bits per heavy atom. The van der Waals surface area contributed by atoms with Crippen molar-refractivity contribution in [1.29, 1.82) is 0 Å². The Balaban J connectivity index is 2.22. The zero-order chi connectivity index (χ0) is 7.68. The minimum absolute atomic E-state index is 0.0787. The monoisotopic (exact) mass is 152 g/mol. The molecule has 0 amide bonds. The Kier molecular flexibility index (Phi) is 1.68. The summed E-state index contributed by atoms with van der Waals surface area (Å²) in [6.45, 7) is 0. The van der Waals surface area contributed by atoms with Gasteiger partial charge in [0.05, 0.1) is 5.70 Å². The van der Waals surface area contributed by atoms with Gasteiger partial charge in [-0.15, -0.1) is 0 Å². The molecule has 0 aromatic rings. The first kappa shape index (κ1) is 6.88. The second kappa shape index (κ2) is 2.68. The highest BCUT2D eigenvalue weighted by Gasteiger charge is 2.23. The van der Waals surface area contributed by atoms with Crippen molar-refractivity contribution in [2.24, 2.45) is 0 Å². The summed E-state index contributed by atoms with van der Waals surface area (Å²) in [5.74, 6) is 0. The van der Waals surface area contributed by atoms with E-state index in [2.05, 4.69) is 23.0 Å². The van der Waals surface area contributed by atoms with Crippen LogP contribution in [0.1, 0.15) is 12.8 Å². The quantitative estimate of drug-likeness (QED) is 0.579. The molecule has 0 spiro atoms. The lowest BCUT2D eigenvalue weighted by molar-refractivity contribution is 0.103. The van der Waals surface area contributed by atoms with Crippen molar-refractivity contribution in [1.82, 2.24) is 10.9 Å². The van der Waals surface area contributed by atoms with Crippen molar-refractivity contribution >= 4 is 0 Å². The SMILES string of the molecule is COC1NNC2=C1CCC=C2. The van der Waals surface area contributed by atoms with Crippen molar-refractivity contribution in [3.05, 3.63) is 23.4 Å². The van der Waals surface area contributed by atoms with Gasteiger partial charge in [0, 0.05) is 7.11 Å². The van der Waals surface area contributed by atoms with Gasteiger partial charge in [-0.25, -0.2) is 5.43 Å². The maximum Gasteiger partial charge on any atom is 0.148 e. The van der Waals surface area contributed by atoms with Crippen LogP contribution in [0.15, 0.2) is 23.4 Å². The number of rotatable bonds is 1. The van der Waals surface area contributed by atoms with E-state index < -0.39 is 0 Å². The number of nitrogens with one attached hydrogen (secondary N) is 2. The predicted molar refractivity (Wildman–Crippen MR) is 42.5 cm³/mol. The fourth-order valence-electron chi connectivity index (χ4n) is 1.51. The molecule has 0 fully saturated rings. The van der Waals surface area contributed by atoms with E-state index in [9.17, 15) is 0 Å². The van der Waals surface area contributed by atoms with E-state index in [4.69, 9.17) is 4.74 Å². The number of ether oxygens (including phenoxy) is 1. The summed E-state index contributed by atoms with van der Waals surface area (Å²) < 4.78 is 5.22. The number of methoxy groups -OCH3 is 1. The summed E-state index contributed by atoms with van der Waals surface area (Å²) in [6.07, 6.45) is 6.58. The lowest BCUT2D eigenvalue weighted by Gasteiger charge is -2.12. The van der Waals surface area contributed by atoms with E-state index in [-0.39, 0.29) is 6.23 Å². The minimum atomic E-state index is 0.0787. The van der Waals surface area contributed by atoms with Crippen molar-refractivity contribution in [3.8, 4) is 0 Å². The first-order chi connectivity index (χ1) is 5.42. The largest absolute Gasteiger partial charge is 0.361 e. The topological polar surface area (TPSA) is 33.3 Å². The lowest BCUT2D eigenvalue weighted by Crippen LogP contribution is -2.33. The summed E-state index contributed by atoms with van der Waals surface area (Å²) in [5.41, 5.74) is 8.65.